The van der Waals surface area contributed by atoms with Crippen molar-refractivity contribution in [2.45, 2.75) is 38.6 Å². The number of carbonyl (C=O) groups is 1. The second-order valence-corrected chi connectivity index (χ2v) is 6.50. The fraction of sp³-hybridized carbons (Fsp3) is 0.500. The molecule has 1 aliphatic rings. The highest BCUT2D eigenvalue weighted by Gasteiger charge is 2.22. The summed E-state index contributed by atoms with van der Waals surface area (Å²) in [4.78, 5) is 15.4. The van der Waals surface area contributed by atoms with Crippen LogP contribution in [0, 0.1) is 0 Å². The molecular formula is C16H21N3OS. The van der Waals surface area contributed by atoms with Crippen LogP contribution in [0.15, 0.2) is 23.8 Å². The molecule has 0 saturated carbocycles. The third kappa shape index (κ3) is 3.18. The van der Waals surface area contributed by atoms with Gasteiger partial charge in [0.2, 0.25) is 0 Å². The molecule has 0 radical (unpaired) electrons. The fourth-order valence-corrected chi connectivity index (χ4v) is 4.03. The third-order valence-corrected chi connectivity index (χ3v) is 5.14. The zero-order valence-corrected chi connectivity index (χ0v) is 13.2. The predicted octanol–water partition coefficient (Wildman–Crippen LogP) is 2.99. The maximum absolute atomic E-state index is 12.6. The molecule has 2 heterocycles. The maximum atomic E-state index is 12.6. The van der Waals surface area contributed by atoms with Gasteiger partial charge in [-0.2, -0.15) is 5.10 Å². The minimum Gasteiger partial charge on any atom is -0.341 e. The lowest BCUT2D eigenvalue weighted by atomic mass is 9.94. The molecule has 0 bridgehead atoms. The molecule has 4 nitrogen and oxygen atoms in total. The number of fused-ring (bicyclic) bond motifs is 1. The van der Waals surface area contributed by atoms with Crippen LogP contribution in [-0.4, -0.2) is 34.2 Å². The Kier molecular flexibility index (Phi) is 4.39. The molecule has 1 amide bonds. The van der Waals surface area contributed by atoms with Gasteiger partial charge in [-0.05, 0) is 54.7 Å². The summed E-state index contributed by atoms with van der Waals surface area (Å²) in [6.07, 6.45) is 9.36. The lowest BCUT2D eigenvalue weighted by Gasteiger charge is -2.19. The van der Waals surface area contributed by atoms with Crippen LogP contribution in [0.3, 0.4) is 0 Å². The first-order valence-corrected chi connectivity index (χ1v) is 8.46. The summed E-state index contributed by atoms with van der Waals surface area (Å²) in [7, 11) is 1.90. The molecule has 0 saturated heterocycles. The largest absolute Gasteiger partial charge is 0.341 e. The third-order valence-electron chi connectivity index (χ3n) is 4.08. The molecule has 21 heavy (non-hydrogen) atoms. The number of aromatic nitrogens is 2. The highest BCUT2D eigenvalue weighted by Crippen LogP contribution is 2.30. The molecular weight excluding hydrogens is 282 g/mol. The van der Waals surface area contributed by atoms with Crippen molar-refractivity contribution in [3.05, 3.63) is 39.8 Å². The number of hydrogen-bond donors (Lipinski definition) is 0. The molecule has 2 aromatic rings. The van der Waals surface area contributed by atoms with Gasteiger partial charge in [0, 0.05) is 32.5 Å². The standard InChI is InChI=1S/C16H21N3OS/c1-18(9-5-11-19-10-4-8-17-19)16(20)15-14-7-3-2-6-13(14)12-21-15/h4,8,10,12H,2-3,5-7,9,11H2,1H3. The zero-order chi connectivity index (χ0) is 14.7. The summed E-state index contributed by atoms with van der Waals surface area (Å²) < 4.78 is 1.91. The van der Waals surface area contributed by atoms with Crippen LogP contribution in [0.4, 0.5) is 0 Å². The number of aryl methyl sites for hydroxylation is 2. The van der Waals surface area contributed by atoms with E-state index >= 15 is 0 Å². The van der Waals surface area contributed by atoms with Crippen molar-refractivity contribution in [1.82, 2.24) is 14.7 Å². The van der Waals surface area contributed by atoms with Gasteiger partial charge in [0.15, 0.2) is 0 Å². The van der Waals surface area contributed by atoms with Gasteiger partial charge in [-0.1, -0.05) is 0 Å². The second kappa shape index (κ2) is 6.43. The lowest BCUT2D eigenvalue weighted by molar-refractivity contribution is 0.0795. The molecule has 1 aliphatic carbocycles. The van der Waals surface area contributed by atoms with Crippen molar-refractivity contribution < 1.29 is 4.79 Å². The minimum absolute atomic E-state index is 0.184. The highest BCUT2D eigenvalue weighted by molar-refractivity contribution is 7.12. The van der Waals surface area contributed by atoms with E-state index in [4.69, 9.17) is 0 Å². The number of rotatable bonds is 5. The SMILES string of the molecule is CN(CCCn1cccn1)C(=O)c1scc2c1CCCC2. The van der Waals surface area contributed by atoms with Crippen LogP contribution in [0.25, 0.3) is 0 Å². The van der Waals surface area contributed by atoms with E-state index in [0.29, 0.717) is 0 Å². The van der Waals surface area contributed by atoms with E-state index < -0.39 is 0 Å². The zero-order valence-electron chi connectivity index (χ0n) is 12.4. The van der Waals surface area contributed by atoms with Gasteiger partial charge in [0.05, 0.1) is 4.88 Å². The maximum Gasteiger partial charge on any atom is 0.263 e. The number of hydrogen-bond acceptors (Lipinski definition) is 3. The summed E-state index contributed by atoms with van der Waals surface area (Å²) >= 11 is 1.62. The van der Waals surface area contributed by atoms with E-state index in [9.17, 15) is 4.79 Å². The summed E-state index contributed by atoms with van der Waals surface area (Å²) in [6, 6.07) is 1.92. The van der Waals surface area contributed by atoms with Crippen molar-refractivity contribution in [3.63, 3.8) is 0 Å². The topological polar surface area (TPSA) is 38.1 Å². The Balaban J connectivity index is 1.58. The fourth-order valence-electron chi connectivity index (χ4n) is 2.88. The molecule has 0 aliphatic heterocycles. The molecule has 0 N–H and O–H groups in total. The Morgan fingerprint density at radius 2 is 2.29 bits per heavy atom. The highest BCUT2D eigenvalue weighted by atomic mass is 32.1. The van der Waals surface area contributed by atoms with Crippen LogP contribution >= 0.6 is 11.3 Å². The Morgan fingerprint density at radius 3 is 3.10 bits per heavy atom. The van der Waals surface area contributed by atoms with Crippen molar-refractivity contribution in [3.8, 4) is 0 Å². The van der Waals surface area contributed by atoms with Crippen LogP contribution < -0.4 is 0 Å². The molecule has 112 valence electrons. The van der Waals surface area contributed by atoms with Gasteiger partial charge in [0.1, 0.15) is 0 Å². The molecule has 5 heteroatoms. The summed E-state index contributed by atoms with van der Waals surface area (Å²) in [5.41, 5.74) is 2.72. The number of nitrogens with zero attached hydrogens (tertiary/aromatic N) is 3. The van der Waals surface area contributed by atoms with Gasteiger partial charge in [-0.25, -0.2) is 0 Å². The molecule has 0 fully saturated rings. The van der Waals surface area contributed by atoms with Gasteiger partial charge < -0.3 is 4.90 Å². The smallest absolute Gasteiger partial charge is 0.263 e. The second-order valence-electron chi connectivity index (χ2n) is 5.63. The lowest BCUT2D eigenvalue weighted by Crippen LogP contribution is -2.28. The Labute approximate surface area is 129 Å². The van der Waals surface area contributed by atoms with Crippen LogP contribution in [0.2, 0.25) is 0 Å². The van der Waals surface area contributed by atoms with Crippen LogP contribution in [0.5, 0.6) is 0 Å². The molecule has 0 aromatic carbocycles. The van der Waals surface area contributed by atoms with E-state index in [1.807, 2.05) is 28.9 Å². The summed E-state index contributed by atoms with van der Waals surface area (Å²) in [5.74, 6) is 0.184. The van der Waals surface area contributed by atoms with Gasteiger partial charge in [-0.3, -0.25) is 9.48 Å². The molecule has 0 atom stereocenters. The molecule has 3 rings (SSSR count). The van der Waals surface area contributed by atoms with E-state index in [-0.39, 0.29) is 5.91 Å². The van der Waals surface area contributed by atoms with Crippen molar-refractivity contribution in [2.75, 3.05) is 13.6 Å². The van der Waals surface area contributed by atoms with Crippen molar-refractivity contribution >= 4 is 17.2 Å². The minimum atomic E-state index is 0.184. The van der Waals surface area contributed by atoms with E-state index in [1.165, 1.54) is 24.0 Å². The van der Waals surface area contributed by atoms with Gasteiger partial charge >= 0.3 is 0 Å². The van der Waals surface area contributed by atoms with Gasteiger partial charge in [0.25, 0.3) is 5.91 Å². The first-order valence-electron chi connectivity index (χ1n) is 7.58. The molecule has 0 unspecified atom stereocenters. The van der Waals surface area contributed by atoms with Crippen molar-refractivity contribution in [2.24, 2.45) is 0 Å². The Bertz CT molecular complexity index is 603. The summed E-state index contributed by atoms with van der Waals surface area (Å²) in [5, 5.41) is 6.36. The first-order chi connectivity index (χ1) is 10.3. The Morgan fingerprint density at radius 1 is 1.43 bits per heavy atom. The van der Waals surface area contributed by atoms with Crippen LogP contribution in [-0.2, 0) is 19.4 Å². The Hall–Kier alpha value is -1.62. The monoisotopic (exact) mass is 303 g/mol. The van der Waals surface area contributed by atoms with Crippen molar-refractivity contribution in [1.29, 1.82) is 0 Å². The first kappa shape index (κ1) is 14.3. The average molecular weight is 303 g/mol. The quantitative estimate of drug-likeness (QED) is 0.851. The average Bonchev–Trinajstić information content (AvgIpc) is 3.15. The number of carbonyl (C=O) groups excluding carboxylic acids is 1. The van der Waals surface area contributed by atoms with Gasteiger partial charge in [-0.15, -0.1) is 11.3 Å². The number of thiophene rings is 1. The van der Waals surface area contributed by atoms with E-state index in [1.54, 1.807) is 17.5 Å². The normalized spacial score (nSPS) is 14.0. The molecule has 0 spiro atoms. The number of amides is 1. The predicted molar refractivity (Wildman–Crippen MR) is 84.8 cm³/mol. The van der Waals surface area contributed by atoms with Crippen LogP contribution in [0.1, 0.15) is 40.1 Å². The van der Waals surface area contributed by atoms with E-state index in [2.05, 4.69) is 10.5 Å². The summed E-state index contributed by atoms with van der Waals surface area (Å²) in [6.45, 7) is 1.62. The van der Waals surface area contributed by atoms with E-state index in [0.717, 1.165) is 37.2 Å². The molecule has 2 aromatic heterocycles.